The molecule has 0 aliphatic carbocycles. The number of hydrogen-bond donors (Lipinski definition) is 1. The van der Waals surface area contributed by atoms with Gasteiger partial charge in [-0.1, -0.05) is 35.5 Å². The predicted molar refractivity (Wildman–Crippen MR) is 95.1 cm³/mol. The normalized spacial score (nSPS) is 24.0. The first kappa shape index (κ1) is 16.2. The van der Waals surface area contributed by atoms with Gasteiger partial charge in [0.05, 0.1) is 0 Å². The lowest BCUT2D eigenvalue weighted by Gasteiger charge is -2.41. The van der Waals surface area contributed by atoms with E-state index in [-0.39, 0.29) is 21.9 Å². The summed E-state index contributed by atoms with van der Waals surface area (Å²) in [4.78, 5) is 27.0. The van der Waals surface area contributed by atoms with Gasteiger partial charge in [0.1, 0.15) is 28.4 Å². The van der Waals surface area contributed by atoms with Gasteiger partial charge in [0.15, 0.2) is 0 Å². The molecule has 2 fully saturated rings. The molecule has 0 saturated carbocycles. The molecule has 2 atom stereocenters. The molecule has 1 N–H and O–H groups in total. The third-order valence-corrected chi connectivity index (χ3v) is 6.09. The van der Waals surface area contributed by atoms with Crippen molar-refractivity contribution in [1.82, 2.24) is 15.4 Å². The van der Waals surface area contributed by atoms with Crippen LogP contribution < -0.4 is 5.32 Å². The fraction of sp³-hybridized carbons (Fsp3) is 0.389. The summed E-state index contributed by atoms with van der Waals surface area (Å²) >= 11 is 1.72. The van der Waals surface area contributed by atoms with Crippen molar-refractivity contribution in [2.45, 2.75) is 36.9 Å². The second kappa shape index (κ2) is 5.62. The second-order valence-corrected chi connectivity index (χ2v) is 8.84. The molecule has 1 aromatic carbocycles. The Morgan fingerprint density at radius 3 is 2.80 bits per heavy atom. The van der Waals surface area contributed by atoms with E-state index < -0.39 is 6.04 Å². The first-order valence-electron chi connectivity index (χ1n) is 8.18. The Morgan fingerprint density at radius 1 is 1.36 bits per heavy atom. The largest absolute Gasteiger partial charge is 0.360 e. The topological polar surface area (TPSA) is 75.4 Å². The van der Waals surface area contributed by atoms with E-state index in [2.05, 4.69) is 24.3 Å². The number of aryl methyl sites for hydroxylation is 1. The molecule has 2 aliphatic heterocycles. The van der Waals surface area contributed by atoms with Crippen molar-refractivity contribution in [2.75, 3.05) is 6.54 Å². The first-order chi connectivity index (χ1) is 11.9. The van der Waals surface area contributed by atoms with Crippen LogP contribution in [-0.4, -0.2) is 44.6 Å². The van der Waals surface area contributed by atoms with Crippen LogP contribution in [0.4, 0.5) is 0 Å². The third kappa shape index (κ3) is 2.63. The Kier molecular flexibility index (Phi) is 3.64. The van der Waals surface area contributed by atoms with Gasteiger partial charge < -0.3 is 14.7 Å². The molecule has 0 spiro atoms. The van der Waals surface area contributed by atoms with Crippen molar-refractivity contribution in [3.05, 3.63) is 41.7 Å². The van der Waals surface area contributed by atoms with Crippen LogP contribution in [0.15, 0.2) is 34.9 Å². The molecule has 2 saturated heterocycles. The molecular weight excluding hydrogens is 338 g/mol. The Balaban J connectivity index is 1.57. The average molecular weight is 357 g/mol. The number of rotatable bonds is 3. The molecule has 25 heavy (non-hydrogen) atoms. The Hall–Kier alpha value is -2.28. The molecule has 4 rings (SSSR count). The molecule has 2 aromatic rings. The van der Waals surface area contributed by atoms with Crippen LogP contribution in [0.25, 0.3) is 11.3 Å². The average Bonchev–Trinajstić information content (AvgIpc) is 3.11. The number of fused-ring (bicyclic) bond motifs is 1. The Bertz CT molecular complexity index is 847. The molecule has 3 heterocycles. The minimum absolute atomic E-state index is 0.00629. The molecule has 0 bridgehead atoms. The SMILES string of the molecule is Cc1onc(-c2ccccc2)c1C(=O)N[C@@H]1C(=O)N2CC(C)(C)SC12. The van der Waals surface area contributed by atoms with Crippen LogP contribution >= 0.6 is 11.8 Å². The van der Waals surface area contributed by atoms with Gasteiger partial charge in [-0.05, 0) is 20.8 Å². The smallest absolute Gasteiger partial charge is 0.257 e. The van der Waals surface area contributed by atoms with Crippen molar-refractivity contribution < 1.29 is 14.1 Å². The number of nitrogens with one attached hydrogen (secondary N) is 1. The zero-order valence-electron chi connectivity index (χ0n) is 14.3. The highest BCUT2D eigenvalue weighted by Gasteiger charge is 2.56. The maximum absolute atomic E-state index is 12.8. The highest BCUT2D eigenvalue weighted by Crippen LogP contribution is 2.46. The third-order valence-electron chi connectivity index (χ3n) is 4.56. The standard InChI is InChI=1S/C18H19N3O3S/c1-10-12(13(20-24-10)11-7-5-4-6-8-11)15(22)19-14-16(23)21-9-18(2,3)25-17(14)21/h4-8,14,17H,9H2,1-3H3,(H,19,22)/t14-,17?/m1/s1. The van der Waals surface area contributed by atoms with Gasteiger partial charge in [-0.15, -0.1) is 11.8 Å². The maximum atomic E-state index is 12.8. The number of carbonyl (C=O) groups excluding carboxylic acids is 2. The molecule has 1 unspecified atom stereocenters. The Labute approximate surface area is 149 Å². The lowest BCUT2D eigenvalue weighted by atomic mass is 10.0. The summed E-state index contributed by atoms with van der Waals surface area (Å²) in [5.41, 5.74) is 1.70. The number of benzene rings is 1. The molecule has 7 heteroatoms. The molecule has 2 amide bonds. The van der Waals surface area contributed by atoms with Crippen LogP contribution in [0.3, 0.4) is 0 Å². The summed E-state index contributed by atoms with van der Waals surface area (Å²) in [5, 5.41) is 6.91. The lowest BCUT2D eigenvalue weighted by Crippen LogP contribution is -2.67. The molecule has 0 radical (unpaired) electrons. The second-order valence-electron chi connectivity index (χ2n) is 7.01. The van der Waals surface area contributed by atoms with Gasteiger partial charge in [-0.3, -0.25) is 9.59 Å². The van der Waals surface area contributed by atoms with Crippen LogP contribution in [0.1, 0.15) is 30.0 Å². The summed E-state index contributed by atoms with van der Waals surface area (Å²) in [6.45, 7) is 6.64. The predicted octanol–water partition coefficient (Wildman–Crippen LogP) is 2.44. The van der Waals surface area contributed by atoms with E-state index in [0.717, 1.165) is 12.1 Å². The van der Waals surface area contributed by atoms with E-state index in [1.807, 2.05) is 35.2 Å². The van der Waals surface area contributed by atoms with Crippen molar-refractivity contribution >= 4 is 23.6 Å². The van der Waals surface area contributed by atoms with E-state index in [9.17, 15) is 9.59 Å². The lowest BCUT2D eigenvalue weighted by molar-refractivity contribution is -0.144. The number of β-lactam (4-membered cyclic amide) rings is 1. The molecule has 130 valence electrons. The van der Waals surface area contributed by atoms with Crippen LogP contribution in [0, 0.1) is 6.92 Å². The highest BCUT2D eigenvalue weighted by atomic mass is 32.2. The van der Waals surface area contributed by atoms with Crippen molar-refractivity contribution in [3.8, 4) is 11.3 Å². The van der Waals surface area contributed by atoms with Gasteiger partial charge >= 0.3 is 0 Å². The highest BCUT2D eigenvalue weighted by molar-refractivity contribution is 8.01. The molecular formula is C18H19N3O3S. The van der Waals surface area contributed by atoms with E-state index >= 15 is 0 Å². The zero-order chi connectivity index (χ0) is 17.8. The molecule has 6 nitrogen and oxygen atoms in total. The van der Waals surface area contributed by atoms with Crippen LogP contribution in [0.2, 0.25) is 0 Å². The van der Waals surface area contributed by atoms with Gasteiger partial charge in [0.25, 0.3) is 5.91 Å². The Morgan fingerprint density at radius 2 is 2.08 bits per heavy atom. The van der Waals surface area contributed by atoms with E-state index in [0.29, 0.717) is 17.0 Å². The van der Waals surface area contributed by atoms with Gasteiger partial charge in [-0.2, -0.15) is 0 Å². The zero-order valence-corrected chi connectivity index (χ0v) is 15.1. The van der Waals surface area contributed by atoms with Crippen molar-refractivity contribution in [1.29, 1.82) is 0 Å². The van der Waals surface area contributed by atoms with Crippen LogP contribution in [-0.2, 0) is 4.79 Å². The first-order valence-corrected chi connectivity index (χ1v) is 9.06. The molecule has 2 aliphatic rings. The van der Waals surface area contributed by atoms with E-state index in [1.54, 1.807) is 18.7 Å². The van der Waals surface area contributed by atoms with E-state index in [4.69, 9.17) is 4.52 Å². The number of carbonyl (C=O) groups is 2. The van der Waals surface area contributed by atoms with Gasteiger partial charge in [-0.25, -0.2) is 0 Å². The number of hydrogen-bond acceptors (Lipinski definition) is 5. The number of thioether (sulfide) groups is 1. The minimum atomic E-state index is -0.489. The monoisotopic (exact) mass is 357 g/mol. The van der Waals surface area contributed by atoms with Crippen molar-refractivity contribution in [3.63, 3.8) is 0 Å². The summed E-state index contributed by atoms with van der Waals surface area (Å²) in [7, 11) is 0. The summed E-state index contributed by atoms with van der Waals surface area (Å²) < 4.78 is 5.26. The summed E-state index contributed by atoms with van der Waals surface area (Å²) in [5.74, 6) is 0.104. The fourth-order valence-electron chi connectivity index (χ4n) is 3.38. The minimum Gasteiger partial charge on any atom is -0.360 e. The number of amides is 2. The summed E-state index contributed by atoms with van der Waals surface area (Å²) in [6.07, 6.45) is 0. The fourth-order valence-corrected chi connectivity index (χ4v) is 4.87. The summed E-state index contributed by atoms with van der Waals surface area (Å²) in [6, 6.07) is 8.92. The van der Waals surface area contributed by atoms with Gasteiger partial charge in [0.2, 0.25) is 5.91 Å². The number of aromatic nitrogens is 1. The van der Waals surface area contributed by atoms with Crippen LogP contribution in [0.5, 0.6) is 0 Å². The maximum Gasteiger partial charge on any atom is 0.257 e. The number of nitrogens with zero attached hydrogens (tertiary/aromatic N) is 2. The van der Waals surface area contributed by atoms with Gasteiger partial charge in [0, 0.05) is 16.9 Å². The van der Waals surface area contributed by atoms with E-state index in [1.165, 1.54) is 0 Å². The molecule has 1 aromatic heterocycles. The quantitative estimate of drug-likeness (QED) is 0.854. The van der Waals surface area contributed by atoms with Crippen molar-refractivity contribution in [2.24, 2.45) is 0 Å².